The van der Waals surface area contributed by atoms with Gasteiger partial charge in [-0.2, -0.15) is 0 Å². The summed E-state index contributed by atoms with van der Waals surface area (Å²) in [5.41, 5.74) is 0.353. The van der Waals surface area contributed by atoms with Crippen LogP contribution in [0.5, 0.6) is 0 Å². The average Bonchev–Trinajstić information content (AvgIpc) is 2.83. The van der Waals surface area contributed by atoms with Gasteiger partial charge in [-0.1, -0.05) is 11.6 Å². The van der Waals surface area contributed by atoms with Gasteiger partial charge in [0.2, 0.25) is 0 Å². The maximum absolute atomic E-state index is 11.5. The van der Waals surface area contributed by atoms with Gasteiger partial charge in [-0.15, -0.1) is 11.3 Å². The first kappa shape index (κ1) is 14.2. The first-order valence-electron chi connectivity index (χ1n) is 5.33. The van der Waals surface area contributed by atoms with E-state index in [1.165, 1.54) is 41.8 Å². The number of nitro groups is 1. The van der Waals surface area contributed by atoms with Crippen LogP contribution in [0.3, 0.4) is 0 Å². The number of amides is 1. The van der Waals surface area contributed by atoms with Crippen molar-refractivity contribution in [1.82, 2.24) is 4.98 Å². The lowest BCUT2D eigenvalue weighted by molar-refractivity contribution is -0.384. The number of nitrogens with zero attached hydrogens (tertiary/aromatic N) is 2. The van der Waals surface area contributed by atoms with Crippen LogP contribution >= 0.6 is 22.9 Å². The summed E-state index contributed by atoms with van der Waals surface area (Å²) in [5, 5.41) is 12.9. The molecule has 0 saturated heterocycles. The van der Waals surface area contributed by atoms with E-state index in [-0.39, 0.29) is 12.3 Å². The van der Waals surface area contributed by atoms with E-state index in [0.29, 0.717) is 15.0 Å². The van der Waals surface area contributed by atoms with Crippen LogP contribution < -0.4 is 5.32 Å². The number of aromatic nitrogens is 1. The molecule has 0 bridgehead atoms. The number of hydrogen-bond acceptors (Lipinski definition) is 6. The molecule has 0 aliphatic heterocycles. The third kappa shape index (κ3) is 3.90. The Kier molecular flexibility index (Phi) is 4.49. The van der Waals surface area contributed by atoms with Crippen LogP contribution in [0.4, 0.5) is 16.2 Å². The number of carbonyl (C=O) groups is 1. The van der Waals surface area contributed by atoms with E-state index < -0.39 is 11.0 Å². The number of benzene rings is 1. The number of thiazole rings is 1. The quantitative estimate of drug-likeness (QED) is 0.689. The Balaban J connectivity index is 1.86. The van der Waals surface area contributed by atoms with Crippen molar-refractivity contribution in [2.75, 3.05) is 5.32 Å². The number of ether oxygens (including phenoxy) is 1. The van der Waals surface area contributed by atoms with Crippen molar-refractivity contribution in [1.29, 1.82) is 0 Å². The predicted octanol–water partition coefficient (Wildman–Crippen LogP) is 3.45. The monoisotopic (exact) mass is 313 g/mol. The summed E-state index contributed by atoms with van der Waals surface area (Å²) in [6.45, 7) is 0.0587. The van der Waals surface area contributed by atoms with Crippen molar-refractivity contribution in [2.45, 2.75) is 6.61 Å². The highest BCUT2D eigenvalue weighted by molar-refractivity contribution is 7.15. The van der Waals surface area contributed by atoms with E-state index >= 15 is 0 Å². The average molecular weight is 314 g/mol. The number of anilines is 1. The minimum Gasteiger partial charge on any atom is -0.444 e. The maximum atomic E-state index is 11.5. The summed E-state index contributed by atoms with van der Waals surface area (Å²) in [7, 11) is 0. The van der Waals surface area contributed by atoms with E-state index in [2.05, 4.69) is 10.3 Å². The number of carbonyl (C=O) groups excluding carboxylic acids is 1. The summed E-state index contributed by atoms with van der Waals surface area (Å²) >= 11 is 6.86. The van der Waals surface area contributed by atoms with Gasteiger partial charge in [0.15, 0.2) is 4.47 Å². The van der Waals surface area contributed by atoms with Crippen LogP contribution in [0.25, 0.3) is 0 Å². The highest BCUT2D eigenvalue weighted by Gasteiger charge is 2.08. The van der Waals surface area contributed by atoms with Gasteiger partial charge in [-0.3, -0.25) is 15.4 Å². The van der Waals surface area contributed by atoms with Crippen LogP contribution in [0.2, 0.25) is 4.47 Å². The normalized spacial score (nSPS) is 10.1. The molecule has 0 aliphatic carbocycles. The first-order valence-corrected chi connectivity index (χ1v) is 6.52. The molecule has 0 aliphatic rings. The van der Waals surface area contributed by atoms with Gasteiger partial charge in [0.05, 0.1) is 9.80 Å². The van der Waals surface area contributed by atoms with Crippen LogP contribution in [-0.2, 0) is 11.3 Å². The summed E-state index contributed by atoms with van der Waals surface area (Å²) in [5.74, 6) is 0. The second kappa shape index (κ2) is 6.31. The number of nitrogens with one attached hydrogen (secondary N) is 1. The van der Waals surface area contributed by atoms with Gasteiger partial charge in [0.1, 0.15) is 6.61 Å². The molecule has 1 N–H and O–H groups in total. The highest BCUT2D eigenvalue weighted by atomic mass is 35.5. The molecule has 2 aromatic rings. The molecule has 0 fully saturated rings. The Morgan fingerprint density at radius 3 is 2.70 bits per heavy atom. The predicted molar refractivity (Wildman–Crippen MR) is 74.0 cm³/mol. The van der Waals surface area contributed by atoms with Gasteiger partial charge in [0, 0.05) is 24.0 Å². The lowest BCUT2D eigenvalue weighted by Crippen LogP contribution is -2.13. The Morgan fingerprint density at radius 2 is 2.15 bits per heavy atom. The van der Waals surface area contributed by atoms with Gasteiger partial charge >= 0.3 is 6.09 Å². The summed E-state index contributed by atoms with van der Waals surface area (Å²) in [6, 6.07) is 5.42. The van der Waals surface area contributed by atoms with Crippen molar-refractivity contribution >= 4 is 40.4 Å². The Hall–Kier alpha value is -2.19. The SMILES string of the molecule is O=C(Nc1ccc([N+](=O)[O-])cc1)OCc1cnc(Cl)s1. The van der Waals surface area contributed by atoms with E-state index in [9.17, 15) is 14.9 Å². The van der Waals surface area contributed by atoms with Crippen molar-refractivity contribution in [3.8, 4) is 0 Å². The Bertz CT molecular complexity index is 629. The zero-order valence-electron chi connectivity index (χ0n) is 9.91. The summed E-state index contributed by atoms with van der Waals surface area (Å²) in [6.07, 6.45) is 0.856. The molecular weight excluding hydrogens is 306 g/mol. The Labute approximate surface area is 122 Å². The molecule has 0 radical (unpaired) electrons. The zero-order chi connectivity index (χ0) is 14.5. The highest BCUT2D eigenvalue weighted by Crippen LogP contribution is 2.19. The molecule has 0 spiro atoms. The van der Waals surface area contributed by atoms with Crippen molar-refractivity contribution in [3.63, 3.8) is 0 Å². The number of non-ortho nitro benzene ring substituents is 1. The number of nitro benzene ring substituents is 1. The second-order valence-electron chi connectivity index (χ2n) is 3.58. The molecule has 20 heavy (non-hydrogen) atoms. The third-order valence-electron chi connectivity index (χ3n) is 2.20. The lowest BCUT2D eigenvalue weighted by atomic mass is 10.3. The van der Waals surface area contributed by atoms with Crippen LogP contribution in [0, 0.1) is 10.1 Å². The van der Waals surface area contributed by atoms with Gasteiger partial charge in [-0.05, 0) is 12.1 Å². The van der Waals surface area contributed by atoms with E-state index in [4.69, 9.17) is 16.3 Å². The fourth-order valence-corrected chi connectivity index (χ4v) is 2.20. The van der Waals surface area contributed by atoms with Crippen LogP contribution in [0.15, 0.2) is 30.5 Å². The largest absolute Gasteiger partial charge is 0.444 e. The second-order valence-corrected chi connectivity index (χ2v) is 5.28. The molecule has 0 unspecified atom stereocenters. The molecule has 1 heterocycles. The van der Waals surface area contributed by atoms with E-state index in [0.717, 1.165) is 0 Å². The zero-order valence-corrected chi connectivity index (χ0v) is 11.5. The fraction of sp³-hybridized carbons (Fsp3) is 0.0909. The molecule has 9 heteroatoms. The number of rotatable bonds is 4. The summed E-state index contributed by atoms with van der Waals surface area (Å²) < 4.78 is 5.33. The first-order chi connectivity index (χ1) is 9.54. The fourth-order valence-electron chi connectivity index (χ4n) is 1.31. The molecule has 1 aromatic heterocycles. The van der Waals surface area contributed by atoms with Crippen LogP contribution in [-0.4, -0.2) is 16.0 Å². The third-order valence-corrected chi connectivity index (χ3v) is 3.28. The topological polar surface area (TPSA) is 94.4 Å². The van der Waals surface area contributed by atoms with Crippen molar-refractivity contribution in [3.05, 3.63) is 49.9 Å². The molecule has 1 amide bonds. The van der Waals surface area contributed by atoms with Crippen molar-refractivity contribution < 1.29 is 14.5 Å². The van der Waals surface area contributed by atoms with Crippen LogP contribution in [0.1, 0.15) is 4.88 Å². The molecule has 104 valence electrons. The molecule has 0 atom stereocenters. The molecule has 2 rings (SSSR count). The minimum absolute atomic E-state index is 0.0526. The summed E-state index contributed by atoms with van der Waals surface area (Å²) in [4.78, 5) is 26.0. The smallest absolute Gasteiger partial charge is 0.411 e. The van der Waals surface area contributed by atoms with Gasteiger partial charge in [-0.25, -0.2) is 9.78 Å². The van der Waals surface area contributed by atoms with E-state index in [1.807, 2.05) is 0 Å². The maximum Gasteiger partial charge on any atom is 0.411 e. The van der Waals surface area contributed by atoms with Crippen molar-refractivity contribution in [2.24, 2.45) is 0 Å². The van der Waals surface area contributed by atoms with Gasteiger partial charge < -0.3 is 4.74 Å². The number of halogens is 1. The Morgan fingerprint density at radius 1 is 1.45 bits per heavy atom. The molecule has 7 nitrogen and oxygen atoms in total. The molecule has 1 aromatic carbocycles. The minimum atomic E-state index is -0.664. The standard InChI is InChI=1S/C11H8ClN3O4S/c12-10-13-5-9(20-10)6-19-11(16)14-7-1-3-8(4-2-7)15(17)18/h1-5H,6H2,(H,14,16). The number of hydrogen-bond donors (Lipinski definition) is 1. The molecular formula is C11H8ClN3O4S. The van der Waals surface area contributed by atoms with E-state index in [1.54, 1.807) is 0 Å². The van der Waals surface area contributed by atoms with Gasteiger partial charge in [0.25, 0.3) is 5.69 Å². The lowest BCUT2D eigenvalue weighted by Gasteiger charge is -2.05. The molecule has 0 saturated carbocycles.